The van der Waals surface area contributed by atoms with Crippen LogP contribution < -0.4 is 10.1 Å². The Morgan fingerprint density at radius 2 is 2.11 bits per heavy atom. The molecule has 1 rings (SSSR count). The minimum absolute atomic E-state index is 0.176. The Kier molecular flexibility index (Phi) is 7.47. The third-order valence-corrected chi connectivity index (χ3v) is 2.93. The number of aryl methyl sites for hydroxylation is 1. The minimum atomic E-state index is 0.176. The Labute approximate surface area is 115 Å². The molecule has 0 saturated heterocycles. The van der Waals surface area contributed by atoms with E-state index >= 15 is 0 Å². The van der Waals surface area contributed by atoms with Crippen LogP contribution in [0.15, 0.2) is 6.20 Å². The van der Waals surface area contributed by atoms with E-state index in [-0.39, 0.29) is 6.04 Å². The van der Waals surface area contributed by atoms with E-state index in [0.717, 1.165) is 24.4 Å². The maximum atomic E-state index is 5.53. The summed E-state index contributed by atoms with van der Waals surface area (Å²) in [5, 5.41) is 7.68. The van der Waals surface area contributed by atoms with E-state index < -0.39 is 0 Å². The summed E-state index contributed by atoms with van der Waals surface area (Å²) < 4.78 is 17.7. The summed E-state index contributed by atoms with van der Waals surface area (Å²) in [6, 6.07) is 0.176. The predicted molar refractivity (Wildman–Crippen MR) is 73.5 cm³/mol. The van der Waals surface area contributed by atoms with E-state index in [9.17, 15) is 0 Å². The fraction of sp³-hybridized carbons (Fsp3) is 0.769. The predicted octanol–water partition coefficient (Wildman–Crippen LogP) is 1.13. The molecule has 1 aromatic heterocycles. The second-order valence-electron chi connectivity index (χ2n) is 4.23. The lowest BCUT2D eigenvalue weighted by Crippen LogP contribution is -2.25. The lowest BCUT2D eigenvalue weighted by atomic mass is 10.1. The van der Waals surface area contributed by atoms with Crippen molar-refractivity contribution in [3.63, 3.8) is 0 Å². The highest BCUT2D eigenvalue weighted by atomic mass is 16.5. The van der Waals surface area contributed by atoms with Crippen LogP contribution in [0.1, 0.15) is 25.1 Å². The normalized spacial score (nSPS) is 12.6. The topological polar surface area (TPSA) is 57.5 Å². The fourth-order valence-corrected chi connectivity index (χ4v) is 2.01. The molecule has 19 heavy (non-hydrogen) atoms. The molecular formula is C13H25N3O3. The highest BCUT2D eigenvalue weighted by Gasteiger charge is 2.19. The Morgan fingerprint density at radius 1 is 1.32 bits per heavy atom. The van der Waals surface area contributed by atoms with Crippen molar-refractivity contribution in [3.05, 3.63) is 11.9 Å². The molecule has 0 aliphatic rings. The number of rotatable bonds is 10. The van der Waals surface area contributed by atoms with Crippen LogP contribution in [0, 0.1) is 0 Å². The fourth-order valence-electron chi connectivity index (χ4n) is 2.01. The van der Waals surface area contributed by atoms with E-state index in [1.165, 1.54) is 0 Å². The summed E-state index contributed by atoms with van der Waals surface area (Å²) in [4.78, 5) is 0. The second kappa shape index (κ2) is 8.90. The zero-order valence-electron chi connectivity index (χ0n) is 12.3. The van der Waals surface area contributed by atoms with Gasteiger partial charge in [-0.2, -0.15) is 5.10 Å². The maximum Gasteiger partial charge on any atom is 0.161 e. The number of aromatic nitrogens is 2. The van der Waals surface area contributed by atoms with Crippen LogP contribution in [0.3, 0.4) is 0 Å². The number of methoxy groups -OCH3 is 2. The van der Waals surface area contributed by atoms with Gasteiger partial charge in [0.05, 0.1) is 38.3 Å². The molecule has 1 aromatic rings. The summed E-state index contributed by atoms with van der Waals surface area (Å²) in [5.74, 6) is 0.811. The minimum Gasteiger partial charge on any atom is -0.493 e. The van der Waals surface area contributed by atoms with E-state index in [4.69, 9.17) is 14.2 Å². The molecule has 0 aromatic carbocycles. The highest BCUT2D eigenvalue weighted by molar-refractivity contribution is 5.28. The number of hydrogen-bond donors (Lipinski definition) is 1. The van der Waals surface area contributed by atoms with Crippen molar-refractivity contribution in [1.82, 2.24) is 15.1 Å². The first kappa shape index (κ1) is 15.9. The molecule has 1 N–H and O–H groups in total. The van der Waals surface area contributed by atoms with Crippen LogP contribution in [-0.2, 0) is 16.5 Å². The lowest BCUT2D eigenvalue weighted by molar-refractivity contribution is 0.0654. The number of nitrogens with one attached hydrogen (secondary N) is 1. The molecule has 1 atom stereocenters. The number of nitrogens with zero attached hydrogens (tertiary/aromatic N) is 2. The van der Waals surface area contributed by atoms with Gasteiger partial charge in [0.25, 0.3) is 0 Å². The first-order valence-electron chi connectivity index (χ1n) is 6.60. The monoisotopic (exact) mass is 271 g/mol. The Morgan fingerprint density at radius 3 is 2.74 bits per heavy atom. The third-order valence-electron chi connectivity index (χ3n) is 2.93. The molecule has 6 nitrogen and oxygen atoms in total. The number of ether oxygens (including phenoxy) is 3. The van der Waals surface area contributed by atoms with Crippen molar-refractivity contribution >= 4 is 0 Å². The molecule has 110 valence electrons. The van der Waals surface area contributed by atoms with Gasteiger partial charge in [-0.25, -0.2) is 0 Å². The van der Waals surface area contributed by atoms with Gasteiger partial charge in [-0.15, -0.1) is 0 Å². The summed E-state index contributed by atoms with van der Waals surface area (Å²) in [6.45, 7) is 4.90. The molecule has 6 heteroatoms. The highest BCUT2D eigenvalue weighted by Crippen LogP contribution is 2.26. The molecular weight excluding hydrogens is 246 g/mol. The van der Waals surface area contributed by atoms with Crippen LogP contribution in [0.2, 0.25) is 0 Å². The van der Waals surface area contributed by atoms with Crippen LogP contribution in [0.5, 0.6) is 5.75 Å². The van der Waals surface area contributed by atoms with Gasteiger partial charge in [0, 0.05) is 20.8 Å². The molecule has 0 saturated carbocycles. The first-order valence-corrected chi connectivity index (χ1v) is 6.60. The summed E-state index contributed by atoms with van der Waals surface area (Å²) in [7, 11) is 5.26. The van der Waals surface area contributed by atoms with Gasteiger partial charge in [-0.3, -0.25) is 4.68 Å². The zero-order chi connectivity index (χ0) is 14.1. The van der Waals surface area contributed by atoms with Crippen molar-refractivity contribution in [1.29, 1.82) is 0 Å². The molecule has 0 bridgehead atoms. The van der Waals surface area contributed by atoms with Crippen molar-refractivity contribution in [2.45, 2.75) is 19.4 Å². The molecule has 0 spiro atoms. The largest absolute Gasteiger partial charge is 0.493 e. The quantitative estimate of drug-likeness (QED) is 0.647. The Bertz CT molecular complexity index is 355. The van der Waals surface area contributed by atoms with Gasteiger partial charge in [-0.1, -0.05) is 6.92 Å². The SMILES string of the molecule is CCNC(CCOCCOC)c1c(OC)cnn1C. The summed E-state index contributed by atoms with van der Waals surface area (Å²) in [5.41, 5.74) is 1.06. The number of hydrogen-bond acceptors (Lipinski definition) is 5. The van der Waals surface area contributed by atoms with Crippen LogP contribution in [-0.4, -0.2) is 50.4 Å². The van der Waals surface area contributed by atoms with E-state index in [0.29, 0.717) is 19.8 Å². The molecule has 1 heterocycles. The first-order chi connectivity index (χ1) is 9.24. The average Bonchev–Trinajstić information content (AvgIpc) is 2.78. The molecule has 1 unspecified atom stereocenters. The standard InChI is InChI=1S/C13H25N3O3/c1-5-14-11(6-7-19-9-8-17-3)13-12(18-4)10-15-16(13)2/h10-11,14H,5-9H2,1-4H3. The van der Waals surface area contributed by atoms with Crippen molar-refractivity contribution in [2.75, 3.05) is 40.6 Å². The maximum absolute atomic E-state index is 5.53. The molecule has 0 amide bonds. The molecule has 0 radical (unpaired) electrons. The average molecular weight is 271 g/mol. The van der Waals surface area contributed by atoms with Crippen molar-refractivity contribution < 1.29 is 14.2 Å². The molecule has 0 fully saturated rings. The van der Waals surface area contributed by atoms with Gasteiger partial charge in [0.2, 0.25) is 0 Å². The van der Waals surface area contributed by atoms with E-state index in [2.05, 4.69) is 17.3 Å². The van der Waals surface area contributed by atoms with Gasteiger partial charge in [0.15, 0.2) is 5.75 Å². The van der Waals surface area contributed by atoms with Crippen LogP contribution >= 0.6 is 0 Å². The second-order valence-corrected chi connectivity index (χ2v) is 4.23. The van der Waals surface area contributed by atoms with Gasteiger partial charge in [-0.05, 0) is 13.0 Å². The van der Waals surface area contributed by atoms with Crippen LogP contribution in [0.4, 0.5) is 0 Å². The van der Waals surface area contributed by atoms with Crippen molar-refractivity contribution in [3.8, 4) is 5.75 Å². The summed E-state index contributed by atoms with van der Waals surface area (Å²) in [6.07, 6.45) is 2.61. The summed E-state index contributed by atoms with van der Waals surface area (Å²) >= 11 is 0. The molecule has 0 aliphatic carbocycles. The third kappa shape index (κ3) is 4.81. The smallest absolute Gasteiger partial charge is 0.161 e. The Hall–Kier alpha value is -1.11. The van der Waals surface area contributed by atoms with E-state index in [1.54, 1.807) is 20.4 Å². The van der Waals surface area contributed by atoms with Gasteiger partial charge >= 0.3 is 0 Å². The van der Waals surface area contributed by atoms with E-state index in [1.807, 2.05) is 11.7 Å². The molecule has 0 aliphatic heterocycles. The Balaban J connectivity index is 2.58. The lowest BCUT2D eigenvalue weighted by Gasteiger charge is -2.19. The van der Waals surface area contributed by atoms with Gasteiger partial charge in [0.1, 0.15) is 0 Å². The van der Waals surface area contributed by atoms with Crippen molar-refractivity contribution in [2.24, 2.45) is 7.05 Å². The van der Waals surface area contributed by atoms with Gasteiger partial charge < -0.3 is 19.5 Å². The zero-order valence-corrected chi connectivity index (χ0v) is 12.3. The van der Waals surface area contributed by atoms with Crippen LogP contribution in [0.25, 0.3) is 0 Å².